The van der Waals surface area contributed by atoms with Crippen LogP contribution in [0.15, 0.2) is 40.9 Å². The first kappa shape index (κ1) is 13.9. The molecule has 0 fully saturated rings. The molecule has 0 atom stereocenters. The third-order valence-corrected chi connectivity index (χ3v) is 3.90. The molecule has 1 nitrogen and oxygen atoms in total. The number of halogens is 2. The van der Waals surface area contributed by atoms with Crippen molar-refractivity contribution in [2.24, 2.45) is 0 Å². The van der Waals surface area contributed by atoms with Crippen molar-refractivity contribution in [3.05, 3.63) is 68.9 Å². The molecular formula is C16H14BrFO. The molecule has 0 aliphatic rings. The molecule has 98 valence electrons. The molecule has 19 heavy (non-hydrogen) atoms. The second-order valence-electron chi connectivity index (χ2n) is 4.59. The minimum Gasteiger partial charge on any atom is -0.294 e. The van der Waals surface area contributed by atoms with E-state index in [9.17, 15) is 9.18 Å². The van der Waals surface area contributed by atoms with Gasteiger partial charge in [-0.25, -0.2) is 4.39 Å². The number of carbonyl (C=O) groups is 1. The van der Waals surface area contributed by atoms with Gasteiger partial charge in [0.2, 0.25) is 0 Å². The van der Waals surface area contributed by atoms with Crippen molar-refractivity contribution in [2.75, 3.05) is 0 Å². The smallest absolute Gasteiger partial charge is 0.168 e. The topological polar surface area (TPSA) is 17.1 Å². The Morgan fingerprint density at radius 3 is 2.42 bits per heavy atom. The zero-order valence-corrected chi connectivity index (χ0v) is 12.4. The van der Waals surface area contributed by atoms with Crippen LogP contribution in [0, 0.1) is 19.7 Å². The molecule has 0 bridgehead atoms. The molecule has 3 heteroatoms. The summed E-state index contributed by atoms with van der Waals surface area (Å²) >= 11 is 3.29. The molecule has 0 amide bonds. The molecule has 2 aromatic rings. The summed E-state index contributed by atoms with van der Waals surface area (Å²) in [5.41, 5.74) is 3.58. The normalized spacial score (nSPS) is 10.5. The average molecular weight is 321 g/mol. The van der Waals surface area contributed by atoms with Crippen molar-refractivity contribution < 1.29 is 9.18 Å². The van der Waals surface area contributed by atoms with Crippen LogP contribution in [0.5, 0.6) is 0 Å². The molecule has 2 rings (SSSR count). The second kappa shape index (κ2) is 5.66. The molecule has 0 saturated heterocycles. The minimum absolute atomic E-state index is 0.0798. The lowest BCUT2D eigenvalue weighted by atomic mass is 9.95. The highest BCUT2D eigenvalue weighted by Gasteiger charge is 2.14. The van der Waals surface area contributed by atoms with E-state index in [-0.39, 0.29) is 5.78 Å². The molecule has 2 aromatic carbocycles. The van der Waals surface area contributed by atoms with Gasteiger partial charge in [-0.2, -0.15) is 0 Å². The maximum absolute atomic E-state index is 13.2. The SMILES string of the molecule is Cc1cccc(C)c1CC(=O)c1cc(F)ccc1Br. The highest BCUT2D eigenvalue weighted by atomic mass is 79.9. The highest BCUT2D eigenvalue weighted by Crippen LogP contribution is 2.22. The second-order valence-corrected chi connectivity index (χ2v) is 5.45. The van der Waals surface area contributed by atoms with Gasteiger partial charge < -0.3 is 0 Å². The van der Waals surface area contributed by atoms with Crippen LogP contribution in [-0.4, -0.2) is 5.78 Å². The Morgan fingerprint density at radius 2 is 1.79 bits per heavy atom. The standard InChI is InChI=1S/C16H14BrFO/c1-10-4-3-5-11(2)13(10)9-16(19)14-8-12(18)6-7-15(14)17/h3-8H,9H2,1-2H3. The Balaban J connectivity index is 2.34. The van der Waals surface area contributed by atoms with E-state index in [0.717, 1.165) is 16.7 Å². The quantitative estimate of drug-likeness (QED) is 0.753. The van der Waals surface area contributed by atoms with Crippen LogP contribution < -0.4 is 0 Å². The lowest BCUT2D eigenvalue weighted by molar-refractivity contribution is 0.0991. The monoisotopic (exact) mass is 320 g/mol. The van der Waals surface area contributed by atoms with E-state index >= 15 is 0 Å². The van der Waals surface area contributed by atoms with Crippen LogP contribution in [0.2, 0.25) is 0 Å². The predicted octanol–water partition coefficient (Wildman–Crippen LogP) is 4.63. The summed E-state index contributed by atoms with van der Waals surface area (Å²) < 4.78 is 13.9. The first-order valence-corrected chi connectivity index (χ1v) is 6.81. The maximum Gasteiger partial charge on any atom is 0.168 e. The van der Waals surface area contributed by atoms with E-state index in [4.69, 9.17) is 0 Å². The third-order valence-electron chi connectivity index (χ3n) is 3.21. The number of ketones is 1. The zero-order chi connectivity index (χ0) is 14.0. The molecule has 0 aliphatic carbocycles. The largest absolute Gasteiger partial charge is 0.294 e. The third kappa shape index (κ3) is 3.10. The van der Waals surface area contributed by atoms with Gasteiger partial charge in [-0.15, -0.1) is 0 Å². The van der Waals surface area contributed by atoms with E-state index in [1.54, 1.807) is 6.07 Å². The van der Waals surface area contributed by atoms with Crippen LogP contribution >= 0.6 is 15.9 Å². The van der Waals surface area contributed by atoms with Crippen molar-refractivity contribution >= 4 is 21.7 Å². The van der Waals surface area contributed by atoms with Gasteiger partial charge in [0, 0.05) is 16.5 Å². The molecule has 0 aliphatic heterocycles. The summed E-state index contributed by atoms with van der Waals surface area (Å²) in [6.07, 6.45) is 0.292. The molecule has 0 unspecified atom stereocenters. The lowest BCUT2D eigenvalue weighted by Crippen LogP contribution is -2.07. The van der Waals surface area contributed by atoms with Crippen molar-refractivity contribution in [1.29, 1.82) is 0 Å². The summed E-state index contributed by atoms with van der Waals surface area (Å²) in [7, 11) is 0. The van der Waals surface area contributed by atoms with Crippen molar-refractivity contribution in [3.63, 3.8) is 0 Å². The first-order valence-electron chi connectivity index (χ1n) is 6.02. The van der Waals surface area contributed by atoms with Crippen molar-refractivity contribution in [2.45, 2.75) is 20.3 Å². The summed E-state index contributed by atoms with van der Waals surface area (Å²) in [5.74, 6) is -0.475. The number of aryl methyl sites for hydroxylation is 2. The first-order chi connectivity index (χ1) is 8.99. The summed E-state index contributed by atoms with van der Waals surface area (Å²) in [6.45, 7) is 3.96. The number of benzene rings is 2. The van der Waals surface area contributed by atoms with Gasteiger partial charge in [0.1, 0.15) is 5.82 Å². The van der Waals surface area contributed by atoms with Crippen molar-refractivity contribution in [3.8, 4) is 0 Å². The van der Waals surface area contributed by atoms with E-state index in [1.165, 1.54) is 12.1 Å². The van der Waals surface area contributed by atoms with Gasteiger partial charge in [-0.1, -0.05) is 34.1 Å². The Hall–Kier alpha value is -1.48. The predicted molar refractivity (Wildman–Crippen MR) is 78.1 cm³/mol. The Labute approximate surface area is 120 Å². The molecule has 0 aromatic heterocycles. The van der Waals surface area contributed by atoms with E-state index in [2.05, 4.69) is 15.9 Å². The minimum atomic E-state index is -0.395. The van der Waals surface area contributed by atoms with Crippen LogP contribution in [0.3, 0.4) is 0 Å². The summed E-state index contributed by atoms with van der Waals surface area (Å²) in [6, 6.07) is 10.1. The highest BCUT2D eigenvalue weighted by molar-refractivity contribution is 9.10. The van der Waals surface area contributed by atoms with Gasteiger partial charge in [0.05, 0.1) is 0 Å². The van der Waals surface area contributed by atoms with Gasteiger partial charge in [0.25, 0.3) is 0 Å². The molecule has 0 radical (unpaired) electrons. The number of carbonyl (C=O) groups excluding carboxylic acids is 1. The van der Waals surface area contributed by atoms with Gasteiger partial charge >= 0.3 is 0 Å². The Kier molecular flexibility index (Phi) is 4.15. The van der Waals surface area contributed by atoms with E-state index in [1.807, 2.05) is 32.0 Å². The number of Topliss-reactive ketones (excluding diaryl/α,β-unsaturated/α-hetero) is 1. The van der Waals surface area contributed by atoms with Crippen LogP contribution in [0.25, 0.3) is 0 Å². The molecule has 0 N–H and O–H groups in total. The number of hydrogen-bond acceptors (Lipinski definition) is 1. The average Bonchev–Trinajstić information content (AvgIpc) is 2.37. The molecule has 0 heterocycles. The fourth-order valence-electron chi connectivity index (χ4n) is 2.09. The van der Waals surface area contributed by atoms with Gasteiger partial charge in [0.15, 0.2) is 5.78 Å². The Bertz CT molecular complexity index is 614. The van der Waals surface area contributed by atoms with Gasteiger partial charge in [-0.05, 0) is 48.7 Å². The maximum atomic E-state index is 13.2. The van der Waals surface area contributed by atoms with Crippen LogP contribution in [0.1, 0.15) is 27.0 Å². The fraction of sp³-hybridized carbons (Fsp3) is 0.188. The summed E-state index contributed by atoms with van der Waals surface area (Å²) in [5, 5.41) is 0. The molecule has 0 saturated carbocycles. The zero-order valence-electron chi connectivity index (χ0n) is 10.8. The van der Waals surface area contributed by atoms with Crippen LogP contribution in [0.4, 0.5) is 4.39 Å². The molecule has 0 spiro atoms. The number of rotatable bonds is 3. The van der Waals surface area contributed by atoms with E-state index < -0.39 is 5.82 Å². The van der Waals surface area contributed by atoms with Crippen molar-refractivity contribution in [1.82, 2.24) is 0 Å². The van der Waals surface area contributed by atoms with Gasteiger partial charge in [-0.3, -0.25) is 4.79 Å². The number of hydrogen-bond donors (Lipinski definition) is 0. The van der Waals surface area contributed by atoms with Crippen LogP contribution in [-0.2, 0) is 6.42 Å². The Morgan fingerprint density at radius 1 is 1.16 bits per heavy atom. The lowest BCUT2D eigenvalue weighted by Gasteiger charge is -2.10. The summed E-state index contributed by atoms with van der Waals surface area (Å²) in [4.78, 5) is 12.3. The van der Waals surface area contributed by atoms with E-state index in [0.29, 0.717) is 16.5 Å². The fourth-order valence-corrected chi connectivity index (χ4v) is 2.56. The molecular weight excluding hydrogens is 307 g/mol.